The number of rotatable bonds is 6. The molecule has 0 saturated heterocycles. The Bertz CT molecular complexity index is 1700. The van der Waals surface area contributed by atoms with Crippen LogP contribution in [0.3, 0.4) is 0 Å². The van der Waals surface area contributed by atoms with Crippen LogP contribution in [0.1, 0.15) is 94.4 Å². The summed E-state index contributed by atoms with van der Waals surface area (Å²) >= 11 is 0. The first-order chi connectivity index (χ1) is 22.8. The number of ether oxygens (including phenoxy) is 2. The van der Waals surface area contributed by atoms with Crippen molar-refractivity contribution in [2.75, 3.05) is 14.2 Å². The van der Waals surface area contributed by atoms with E-state index in [1.165, 1.54) is 48.8 Å². The smallest absolute Gasteiger partial charge is 0.118 e. The number of fused-ring (bicyclic) bond motifs is 7. The van der Waals surface area contributed by atoms with Gasteiger partial charge >= 0.3 is 0 Å². The van der Waals surface area contributed by atoms with Gasteiger partial charge in [0.2, 0.25) is 0 Å². The Labute approximate surface area is 283 Å². The minimum atomic E-state index is -0.394. The fourth-order valence-corrected chi connectivity index (χ4v) is 11.8. The molecule has 0 N–H and O–H groups in total. The van der Waals surface area contributed by atoms with Gasteiger partial charge in [-0.2, -0.15) is 0 Å². The van der Waals surface area contributed by atoms with E-state index in [0.717, 1.165) is 36.2 Å². The van der Waals surface area contributed by atoms with Crippen molar-refractivity contribution in [2.24, 2.45) is 34.5 Å². The summed E-state index contributed by atoms with van der Waals surface area (Å²) in [6.07, 6.45) is 16.0. The maximum absolute atomic E-state index is 5.76. The molecule has 0 heterocycles. The van der Waals surface area contributed by atoms with Gasteiger partial charge in [-0.25, -0.2) is 0 Å². The quantitative estimate of drug-likeness (QED) is 0.254. The third kappa shape index (κ3) is 4.15. The van der Waals surface area contributed by atoms with E-state index >= 15 is 0 Å². The monoisotopic (exact) mass is 624 g/mol. The van der Waals surface area contributed by atoms with E-state index in [4.69, 9.17) is 9.47 Å². The minimum absolute atomic E-state index is 0.00402. The first-order valence-electron chi connectivity index (χ1n) is 18.2. The van der Waals surface area contributed by atoms with Crippen LogP contribution in [0.15, 0.2) is 108 Å². The maximum Gasteiger partial charge on any atom is 0.118 e. The SMILES string of the molecule is COc1ccc(C(C2=CC=CC2)(c2ccc(OC)cc2)C2(C)C3=C4Cc5ccccc5C4C4CCCCC4C3CC(C)C2(C)C)cc1. The lowest BCUT2D eigenvalue weighted by molar-refractivity contribution is -0.0552. The summed E-state index contributed by atoms with van der Waals surface area (Å²) < 4.78 is 11.5. The molecule has 0 radical (unpaired) electrons. The van der Waals surface area contributed by atoms with Crippen molar-refractivity contribution in [2.45, 2.75) is 84.0 Å². The van der Waals surface area contributed by atoms with E-state index in [9.17, 15) is 0 Å². The summed E-state index contributed by atoms with van der Waals surface area (Å²) in [6, 6.07) is 27.8. The molecule has 0 spiro atoms. The fraction of sp³-hybridized carbons (Fsp3) is 0.467. The van der Waals surface area contributed by atoms with Gasteiger partial charge in [0, 0.05) is 11.3 Å². The predicted molar refractivity (Wildman–Crippen MR) is 193 cm³/mol. The zero-order chi connectivity index (χ0) is 32.6. The van der Waals surface area contributed by atoms with Gasteiger partial charge in [0.15, 0.2) is 0 Å². The van der Waals surface area contributed by atoms with Gasteiger partial charge in [-0.15, -0.1) is 0 Å². The Balaban J connectivity index is 1.51. The standard InChI is InChI=1S/C45H52O2/c1-29-27-39-37-17-11-12-18-38(37)41-36-16-10-7-13-30(36)28-40(41)42(39)44(4,43(29,2)3)45(31-14-8-9-15-31,32-19-23-34(46-5)24-20-32)33-21-25-35(47-6)26-22-33/h7-10,13-14,16,19-26,29,37-39,41H,11-12,15,17-18,27-28H2,1-6H3. The third-order valence-corrected chi connectivity index (χ3v) is 14.4. The Hall–Kier alpha value is -3.52. The zero-order valence-corrected chi connectivity index (χ0v) is 29.3. The van der Waals surface area contributed by atoms with Crippen LogP contribution in [0.5, 0.6) is 11.5 Å². The van der Waals surface area contributed by atoms with E-state index in [0.29, 0.717) is 17.8 Å². The normalized spacial score (nSPS) is 30.6. The molecule has 3 aromatic rings. The topological polar surface area (TPSA) is 18.5 Å². The molecule has 5 aliphatic rings. The Morgan fingerprint density at radius 3 is 1.98 bits per heavy atom. The maximum atomic E-state index is 5.76. The number of methoxy groups -OCH3 is 2. The highest BCUT2D eigenvalue weighted by Gasteiger charge is 2.68. The van der Waals surface area contributed by atoms with Crippen molar-refractivity contribution in [3.8, 4) is 11.5 Å². The molecule has 244 valence electrons. The predicted octanol–water partition coefficient (Wildman–Crippen LogP) is 11.0. The summed E-state index contributed by atoms with van der Waals surface area (Å²) in [7, 11) is 3.56. The second-order valence-corrected chi connectivity index (χ2v) is 16.0. The van der Waals surface area contributed by atoms with Crippen molar-refractivity contribution >= 4 is 0 Å². The van der Waals surface area contributed by atoms with E-state index in [1.807, 2.05) is 5.57 Å². The van der Waals surface area contributed by atoms with Crippen LogP contribution in [0.4, 0.5) is 0 Å². The average molecular weight is 625 g/mol. The molecule has 2 nitrogen and oxygen atoms in total. The summed E-state index contributed by atoms with van der Waals surface area (Å²) in [4.78, 5) is 0. The van der Waals surface area contributed by atoms with E-state index in [-0.39, 0.29) is 10.8 Å². The molecular weight excluding hydrogens is 572 g/mol. The molecule has 0 bridgehead atoms. The largest absolute Gasteiger partial charge is 0.497 e. The number of hydrogen-bond donors (Lipinski definition) is 0. The van der Waals surface area contributed by atoms with Crippen molar-refractivity contribution in [1.82, 2.24) is 0 Å². The summed E-state index contributed by atoms with van der Waals surface area (Å²) in [5.41, 5.74) is 10.4. The van der Waals surface area contributed by atoms with E-state index in [1.54, 1.807) is 30.9 Å². The summed E-state index contributed by atoms with van der Waals surface area (Å²) in [5.74, 6) is 5.05. The molecule has 8 rings (SSSR count). The summed E-state index contributed by atoms with van der Waals surface area (Å²) in [5, 5.41) is 0. The molecule has 0 amide bonds. The molecule has 6 unspecified atom stereocenters. The van der Waals surface area contributed by atoms with Crippen molar-refractivity contribution in [3.63, 3.8) is 0 Å². The molecule has 0 aromatic heterocycles. The Morgan fingerprint density at radius 2 is 1.38 bits per heavy atom. The second kappa shape index (κ2) is 11.3. The van der Waals surface area contributed by atoms with Gasteiger partial charge in [-0.3, -0.25) is 0 Å². The lowest BCUT2D eigenvalue weighted by Gasteiger charge is -2.68. The highest BCUT2D eigenvalue weighted by Crippen LogP contribution is 2.75. The van der Waals surface area contributed by atoms with E-state index in [2.05, 4.69) is 119 Å². The Morgan fingerprint density at radius 1 is 0.766 bits per heavy atom. The lowest BCUT2D eigenvalue weighted by atomic mass is 9.35. The van der Waals surface area contributed by atoms with Gasteiger partial charge in [-0.05, 0) is 108 Å². The number of allylic oxidation sites excluding steroid dienone is 6. The van der Waals surface area contributed by atoms with Gasteiger partial charge in [-0.1, -0.05) is 124 Å². The van der Waals surface area contributed by atoms with Crippen LogP contribution in [0.2, 0.25) is 0 Å². The molecule has 3 aromatic carbocycles. The molecule has 0 aliphatic heterocycles. The molecular formula is C45H52O2. The van der Waals surface area contributed by atoms with E-state index < -0.39 is 5.41 Å². The lowest BCUT2D eigenvalue weighted by Crippen LogP contribution is -2.62. The minimum Gasteiger partial charge on any atom is -0.497 e. The van der Waals surface area contributed by atoms with Crippen LogP contribution in [-0.4, -0.2) is 14.2 Å². The first kappa shape index (κ1) is 30.8. The van der Waals surface area contributed by atoms with Crippen molar-refractivity contribution in [3.05, 3.63) is 130 Å². The summed E-state index contributed by atoms with van der Waals surface area (Å²) in [6.45, 7) is 10.5. The van der Waals surface area contributed by atoms with Crippen molar-refractivity contribution in [1.29, 1.82) is 0 Å². The average Bonchev–Trinajstić information content (AvgIpc) is 3.78. The van der Waals surface area contributed by atoms with Crippen LogP contribution >= 0.6 is 0 Å². The first-order valence-corrected chi connectivity index (χ1v) is 18.2. The van der Waals surface area contributed by atoms with Crippen LogP contribution < -0.4 is 9.47 Å². The van der Waals surface area contributed by atoms with Gasteiger partial charge in [0.25, 0.3) is 0 Å². The number of benzene rings is 3. The molecule has 47 heavy (non-hydrogen) atoms. The zero-order valence-electron chi connectivity index (χ0n) is 29.3. The molecule has 5 aliphatic carbocycles. The molecule has 2 fully saturated rings. The highest BCUT2D eigenvalue weighted by atomic mass is 16.5. The molecule has 6 atom stereocenters. The van der Waals surface area contributed by atoms with Gasteiger partial charge in [0.05, 0.1) is 19.6 Å². The van der Waals surface area contributed by atoms with Gasteiger partial charge < -0.3 is 9.47 Å². The van der Waals surface area contributed by atoms with Crippen molar-refractivity contribution < 1.29 is 9.47 Å². The van der Waals surface area contributed by atoms with Crippen LogP contribution in [0.25, 0.3) is 0 Å². The van der Waals surface area contributed by atoms with Crippen LogP contribution in [0, 0.1) is 34.5 Å². The Kier molecular flexibility index (Phi) is 7.39. The van der Waals surface area contributed by atoms with Crippen LogP contribution in [-0.2, 0) is 11.8 Å². The fourth-order valence-electron chi connectivity index (χ4n) is 11.8. The van der Waals surface area contributed by atoms with Gasteiger partial charge in [0.1, 0.15) is 11.5 Å². The second-order valence-electron chi connectivity index (χ2n) is 16.0. The molecule has 2 saturated carbocycles. The number of hydrogen-bond acceptors (Lipinski definition) is 2. The molecule has 2 heteroatoms. The highest BCUT2D eigenvalue weighted by molar-refractivity contribution is 5.62. The third-order valence-electron chi connectivity index (χ3n) is 14.4.